The lowest BCUT2D eigenvalue weighted by Crippen LogP contribution is -2.73. The van der Waals surface area contributed by atoms with Crippen molar-refractivity contribution < 1.29 is 9.18 Å². The molecule has 0 radical (unpaired) electrons. The zero-order chi connectivity index (χ0) is 25.5. The topological polar surface area (TPSA) is 86.5 Å². The molecule has 2 saturated heterocycles. The van der Waals surface area contributed by atoms with Gasteiger partial charge in [0.05, 0.1) is 18.4 Å². The van der Waals surface area contributed by atoms with Gasteiger partial charge < -0.3 is 14.7 Å². The number of rotatable bonds is 4. The molecular formula is C25H27ClFN9O. The molecule has 1 spiro atoms. The third kappa shape index (κ3) is 3.43. The summed E-state index contributed by atoms with van der Waals surface area (Å²) in [6.07, 6.45) is 4.25. The van der Waals surface area contributed by atoms with Crippen LogP contribution in [-0.4, -0.2) is 86.3 Å². The van der Waals surface area contributed by atoms with Gasteiger partial charge in [-0.2, -0.15) is 0 Å². The zero-order valence-corrected chi connectivity index (χ0v) is 21.5. The minimum atomic E-state index is -0.503. The summed E-state index contributed by atoms with van der Waals surface area (Å²) in [5.41, 5.74) is 1.62. The fourth-order valence-corrected chi connectivity index (χ4v) is 6.45. The van der Waals surface area contributed by atoms with Crippen LogP contribution >= 0.6 is 11.6 Å². The molecule has 192 valence electrons. The van der Waals surface area contributed by atoms with Crippen molar-refractivity contribution in [2.24, 2.45) is 5.41 Å². The molecule has 7 rings (SSSR count). The first kappa shape index (κ1) is 22.9. The summed E-state index contributed by atoms with van der Waals surface area (Å²) in [4.78, 5) is 29.1. The second kappa shape index (κ2) is 7.84. The van der Waals surface area contributed by atoms with Crippen molar-refractivity contribution >= 4 is 29.3 Å². The van der Waals surface area contributed by atoms with Crippen LogP contribution in [0.5, 0.6) is 0 Å². The number of carbonyl (C=O) groups is 1. The molecule has 12 heteroatoms. The van der Waals surface area contributed by atoms with E-state index in [1.807, 2.05) is 37.2 Å². The lowest BCUT2D eigenvalue weighted by molar-refractivity contribution is -0.136. The largest absolute Gasteiger partial charge is 0.353 e. The Morgan fingerprint density at radius 2 is 1.84 bits per heavy atom. The van der Waals surface area contributed by atoms with Gasteiger partial charge in [-0.15, -0.1) is 10.2 Å². The minimum absolute atomic E-state index is 0.0829. The normalized spacial score (nSPS) is 21.0. The molecule has 3 fully saturated rings. The summed E-state index contributed by atoms with van der Waals surface area (Å²) < 4.78 is 16.2. The van der Waals surface area contributed by atoms with E-state index in [2.05, 4.69) is 34.5 Å². The third-order valence-electron chi connectivity index (χ3n) is 8.16. The van der Waals surface area contributed by atoms with Crippen LogP contribution in [0.15, 0.2) is 30.7 Å². The average Bonchev–Trinajstić information content (AvgIpc) is 3.56. The molecule has 0 bridgehead atoms. The number of nitrogens with zero attached hydrogens (tertiary/aromatic N) is 9. The van der Waals surface area contributed by atoms with Crippen molar-refractivity contribution in [2.45, 2.75) is 31.5 Å². The van der Waals surface area contributed by atoms with Crippen molar-refractivity contribution in [3.8, 4) is 5.69 Å². The Hall–Kier alpha value is -3.31. The molecular weight excluding hydrogens is 497 g/mol. The van der Waals surface area contributed by atoms with Crippen molar-refractivity contribution in [3.05, 3.63) is 53.0 Å². The highest BCUT2D eigenvalue weighted by Crippen LogP contribution is 2.48. The molecule has 2 aromatic heterocycles. The van der Waals surface area contributed by atoms with E-state index in [0.29, 0.717) is 23.9 Å². The first-order chi connectivity index (χ1) is 17.8. The Kier molecular flexibility index (Phi) is 4.85. The van der Waals surface area contributed by atoms with Crippen LogP contribution in [0.3, 0.4) is 0 Å². The maximum Gasteiger partial charge on any atom is 0.242 e. The van der Waals surface area contributed by atoms with Gasteiger partial charge in [0.2, 0.25) is 11.9 Å². The Balaban J connectivity index is 1.17. The summed E-state index contributed by atoms with van der Waals surface area (Å²) in [5, 5.41) is 9.86. The number of benzene rings is 1. The molecule has 5 heterocycles. The van der Waals surface area contributed by atoms with Gasteiger partial charge in [0, 0.05) is 57.3 Å². The first-order valence-corrected chi connectivity index (χ1v) is 12.8. The van der Waals surface area contributed by atoms with Gasteiger partial charge in [-0.25, -0.2) is 14.4 Å². The molecule has 0 atom stereocenters. The predicted molar refractivity (Wildman–Crippen MR) is 135 cm³/mol. The van der Waals surface area contributed by atoms with Gasteiger partial charge in [0.1, 0.15) is 11.9 Å². The first-order valence-electron chi connectivity index (χ1n) is 12.4. The van der Waals surface area contributed by atoms with Crippen LogP contribution < -0.4 is 9.80 Å². The standard InChI is InChI=1S/C25H27ClFN9O/c1-32(2)22(37)25(5-6-25)35-9-16-7-17(26)3-4-19(16)36-20(10-35)30-31-23(36)34-13-24(14-34)11-33(12-24)21-18(27)8-28-15-29-21/h3-4,7-8,15H,5-6,9-14H2,1-2H3. The molecule has 10 nitrogen and oxygen atoms in total. The van der Waals surface area contributed by atoms with E-state index in [1.165, 1.54) is 12.5 Å². The van der Waals surface area contributed by atoms with E-state index in [0.717, 1.165) is 62.0 Å². The molecule has 4 aliphatic rings. The molecule has 1 saturated carbocycles. The van der Waals surface area contributed by atoms with Crippen LogP contribution in [0.1, 0.15) is 24.2 Å². The summed E-state index contributed by atoms with van der Waals surface area (Å²) in [5.74, 6) is 1.71. The van der Waals surface area contributed by atoms with Gasteiger partial charge in [-0.05, 0) is 36.6 Å². The maximum absolute atomic E-state index is 14.1. The molecule has 0 unspecified atom stereocenters. The Morgan fingerprint density at radius 1 is 1.08 bits per heavy atom. The van der Waals surface area contributed by atoms with Crippen molar-refractivity contribution in [3.63, 3.8) is 0 Å². The van der Waals surface area contributed by atoms with Gasteiger partial charge in [0.25, 0.3) is 0 Å². The minimum Gasteiger partial charge on any atom is -0.353 e. The van der Waals surface area contributed by atoms with Crippen LogP contribution in [0.25, 0.3) is 5.69 Å². The highest BCUT2D eigenvalue weighted by Gasteiger charge is 2.57. The predicted octanol–water partition coefficient (Wildman–Crippen LogP) is 2.11. The monoisotopic (exact) mass is 523 g/mol. The second-order valence-corrected chi connectivity index (χ2v) is 11.5. The summed E-state index contributed by atoms with van der Waals surface area (Å²) in [6.45, 7) is 4.25. The van der Waals surface area contributed by atoms with E-state index in [9.17, 15) is 9.18 Å². The van der Waals surface area contributed by atoms with Crippen LogP contribution in [0, 0.1) is 11.2 Å². The van der Waals surface area contributed by atoms with Crippen LogP contribution in [-0.2, 0) is 17.9 Å². The van der Waals surface area contributed by atoms with Crippen molar-refractivity contribution in [1.29, 1.82) is 0 Å². The van der Waals surface area contributed by atoms with Gasteiger partial charge in [0.15, 0.2) is 17.5 Å². The van der Waals surface area contributed by atoms with Gasteiger partial charge in [-0.3, -0.25) is 14.3 Å². The SMILES string of the molecule is CN(C)C(=O)C1(N2Cc3cc(Cl)ccc3-n3c(nnc3N3CC4(CN(c5ncncc5F)C4)C3)C2)CC1. The number of amides is 1. The highest BCUT2D eigenvalue weighted by molar-refractivity contribution is 6.30. The number of fused-ring (bicyclic) bond motifs is 3. The smallest absolute Gasteiger partial charge is 0.242 e. The number of aromatic nitrogens is 5. The second-order valence-electron chi connectivity index (χ2n) is 11.0. The molecule has 3 aliphatic heterocycles. The van der Waals surface area contributed by atoms with Crippen LogP contribution in [0.4, 0.5) is 16.2 Å². The molecule has 3 aromatic rings. The number of carbonyl (C=O) groups excluding carboxylic acids is 1. The number of halogens is 2. The molecule has 1 aromatic carbocycles. The number of anilines is 2. The Morgan fingerprint density at radius 3 is 2.54 bits per heavy atom. The lowest BCUT2D eigenvalue weighted by Gasteiger charge is -2.60. The van der Waals surface area contributed by atoms with E-state index < -0.39 is 11.4 Å². The Bertz CT molecular complexity index is 1410. The lowest BCUT2D eigenvalue weighted by atomic mass is 9.73. The summed E-state index contributed by atoms with van der Waals surface area (Å²) in [6, 6.07) is 5.89. The molecule has 1 amide bonds. The molecule has 37 heavy (non-hydrogen) atoms. The van der Waals surface area contributed by atoms with E-state index >= 15 is 0 Å². The Labute approximate surface area is 218 Å². The van der Waals surface area contributed by atoms with E-state index in [-0.39, 0.29) is 11.3 Å². The summed E-state index contributed by atoms with van der Waals surface area (Å²) >= 11 is 6.42. The number of hydrogen-bond donors (Lipinski definition) is 0. The van der Waals surface area contributed by atoms with Crippen LogP contribution in [0.2, 0.25) is 5.02 Å². The average molecular weight is 524 g/mol. The molecule has 1 aliphatic carbocycles. The van der Waals surface area contributed by atoms with Crippen molar-refractivity contribution in [2.75, 3.05) is 50.1 Å². The molecule has 0 N–H and O–H groups in total. The van der Waals surface area contributed by atoms with Crippen molar-refractivity contribution in [1.82, 2.24) is 34.5 Å². The van der Waals surface area contributed by atoms with Gasteiger partial charge in [-0.1, -0.05) is 11.6 Å². The van der Waals surface area contributed by atoms with E-state index in [4.69, 9.17) is 11.6 Å². The quantitative estimate of drug-likeness (QED) is 0.514. The zero-order valence-electron chi connectivity index (χ0n) is 20.7. The van der Waals surface area contributed by atoms with E-state index in [1.54, 1.807) is 4.90 Å². The third-order valence-corrected chi connectivity index (χ3v) is 8.39. The maximum atomic E-state index is 14.1. The summed E-state index contributed by atoms with van der Waals surface area (Å²) in [7, 11) is 3.62. The fourth-order valence-electron chi connectivity index (χ4n) is 6.25. The van der Waals surface area contributed by atoms with Gasteiger partial charge >= 0.3 is 0 Å². The fraction of sp³-hybridized carbons (Fsp3) is 0.480. The number of likely N-dealkylation sites (N-methyl/N-ethyl adjacent to an activating group) is 1. The highest BCUT2D eigenvalue weighted by atomic mass is 35.5. The number of hydrogen-bond acceptors (Lipinski definition) is 8.